The molecule has 0 aromatic rings. The van der Waals surface area contributed by atoms with Gasteiger partial charge in [-0.3, -0.25) is 0 Å². The Balaban J connectivity index is 2.19. The van der Waals surface area contributed by atoms with E-state index in [4.69, 9.17) is 0 Å². The molecule has 1 heterocycles. The highest BCUT2D eigenvalue weighted by Gasteiger charge is 2.17. The van der Waals surface area contributed by atoms with E-state index >= 15 is 0 Å². The summed E-state index contributed by atoms with van der Waals surface area (Å²) in [5.74, 6) is 1.10. The van der Waals surface area contributed by atoms with Crippen molar-refractivity contribution in [3.05, 3.63) is 0 Å². The lowest BCUT2D eigenvalue weighted by molar-refractivity contribution is 0.279. The SMILES string of the molecule is CC(C)S(=O)(=O)CCN(C)CCC1CCNCC1. The lowest BCUT2D eigenvalue weighted by Crippen LogP contribution is -2.32. The van der Waals surface area contributed by atoms with E-state index in [0.29, 0.717) is 6.54 Å². The van der Waals surface area contributed by atoms with Crippen LogP contribution >= 0.6 is 0 Å². The minimum absolute atomic E-state index is 0.254. The van der Waals surface area contributed by atoms with Gasteiger partial charge in [-0.25, -0.2) is 8.42 Å². The van der Waals surface area contributed by atoms with Crippen molar-refractivity contribution in [1.82, 2.24) is 10.2 Å². The molecule has 0 saturated carbocycles. The number of sulfone groups is 1. The summed E-state index contributed by atoms with van der Waals surface area (Å²) in [7, 11) is -0.863. The van der Waals surface area contributed by atoms with Crippen LogP contribution in [0.2, 0.25) is 0 Å². The Morgan fingerprint density at radius 3 is 2.39 bits per heavy atom. The zero-order chi connectivity index (χ0) is 13.6. The Hall–Kier alpha value is -0.130. The molecule has 0 aromatic carbocycles. The van der Waals surface area contributed by atoms with Crippen LogP contribution in [0.1, 0.15) is 33.1 Å². The summed E-state index contributed by atoms with van der Waals surface area (Å²) >= 11 is 0. The predicted octanol–water partition coefficient (Wildman–Crippen LogP) is 1.13. The molecular formula is C13H28N2O2S. The molecule has 1 N–H and O–H groups in total. The monoisotopic (exact) mass is 276 g/mol. The quantitative estimate of drug-likeness (QED) is 0.757. The van der Waals surface area contributed by atoms with Gasteiger partial charge in [-0.1, -0.05) is 0 Å². The summed E-state index contributed by atoms with van der Waals surface area (Å²) in [6.45, 7) is 7.45. The molecule has 1 rings (SSSR count). The molecule has 0 radical (unpaired) electrons. The number of piperidine rings is 1. The number of hydrogen-bond acceptors (Lipinski definition) is 4. The Bertz CT molecular complexity index is 322. The molecule has 1 fully saturated rings. The lowest BCUT2D eigenvalue weighted by atomic mass is 9.94. The molecule has 0 unspecified atom stereocenters. The fraction of sp³-hybridized carbons (Fsp3) is 1.00. The van der Waals surface area contributed by atoms with Crippen molar-refractivity contribution in [2.75, 3.05) is 39.0 Å². The van der Waals surface area contributed by atoms with E-state index in [1.165, 1.54) is 19.3 Å². The zero-order valence-corrected chi connectivity index (χ0v) is 12.8. The van der Waals surface area contributed by atoms with Gasteiger partial charge in [-0.2, -0.15) is 0 Å². The van der Waals surface area contributed by atoms with Crippen molar-refractivity contribution in [3.8, 4) is 0 Å². The smallest absolute Gasteiger partial charge is 0.153 e. The second kappa shape index (κ2) is 7.46. The van der Waals surface area contributed by atoms with Crippen LogP contribution in [0.15, 0.2) is 0 Å². The van der Waals surface area contributed by atoms with E-state index in [1.807, 2.05) is 7.05 Å². The van der Waals surface area contributed by atoms with Crippen LogP contribution in [0.5, 0.6) is 0 Å². The summed E-state index contributed by atoms with van der Waals surface area (Å²) in [6, 6.07) is 0. The third-order valence-corrected chi connectivity index (χ3v) is 6.04. The topological polar surface area (TPSA) is 49.4 Å². The van der Waals surface area contributed by atoms with Crippen LogP contribution in [0.4, 0.5) is 0 Å². The lowest BCUT2D eigenvalue weighted by Gasteiger charge is -2.25. The van der Waals surface area contributed by atoms with Crippen LogP contribution < -0.4 is 5.32 Å². The summed E-state index contributed by atoms with van der Waals surface area (Å²) in [4.78, 5) is 2.15. The third-order valence-electron chi connectivity index (χ3n) is 3.85. The van der Waals surface area contributed by atoms with Crippen LogP contribution in [-0.2, 0) is 9.84 Å². The van der Waals surface area contributed by atoms with Gasteiger partial charge in [0.15, 0.2) is 9.84 Å². The minimum atomic E-state index is -2.89. The summed E-state index contributed by atoms with van der Waals surface area (Å²) in [6.07, 6.45) is 3.72. The molecule has 0 amide bonds. The van der Waals surface area contributed by atoms with Gasteiger partial charge in [-0.05, 0) is 65.7 Å². The van der Waals surface area contributed by atoms with E-state index in [2.05, 4.69) is 10.2 Å². The average molecular weight is 276 g/mol. The van der Waals surface area contributed by atoms with Gasteiger partial charge in [0.05, 0.1) is 11.0 Å². The molecular weight excluding hydrogens is 248 g/mol. The molecule has 0 bridgehead atoms. The highest BCUT2D eigenvalue weighted by molar-refractivity contribution is 7.92. The summed E-state index contributed by atoms with van der Waals surface area (Å²) in [5, 5.41) is 3.11. The zero-order valence-electron chi connectivity index (χ0n) is 12.0. The number of hydrogen-bond donors (Lipinski definition) is 1. The van der Waals surface area contributed by atoms with Crippen molar-refractivity contribution < 1.29 is 8.42 Å². The molecule has 0 atom stereocenters. The molecule has 18 heavy (non-hydrogen) atoms. The highest BCUT2D eigenvalue weighted by Crippen LogP contribution is 2.15. The van der Waals surface area contributed by atoms with Gasteiger partial charge in [0.25, 0.3) is 0 Å². The predicted molar refractivity (Wildman–Crippen MR) is 76.6 cm³/mol. The molecule has 0 aliphatic carbocycles. The maximum atomic E-state index is 11.7. The first-order chi connectivity index (χ1) is 8.42. The first-order valence-electron chi connectivity index (χ1n) is 7.02. The molecule has 108 valence electrons. The van der Waals surface area contributed by atoms with E-state index in [1.54, 1.807) is 13.8 Å². The van der Waals surface area contributed by atoms with Gasteiger partial charge in [0.1, 0.15) is 0 Å². The Morgan fingerprint density at radius 2 is 1.83 bits per heavy atom. The van der Waals surface area contributed by atoms with Crippen molar-refractivity contribution in [3.63, 3.8) is 0 Å². The van der Waals surface area contributed by atoms with E-state index in [0.717, 1.165) is 25.6 Å². The molecule has 4 nitrogen and oxygen atoms in total. The van der Waals surface area contributed by atoms with Crippen LogP contribution in [-0.4, -0.2) is 57.5 Å². The van der Waals surface area contributed by atoms with Gasteiger partial charge in [-0.15, -0.1) is 0 Å². The van der Waals surface area contributed by atoms with Crippen molar-refractivity contribution in [2.45, 2.75) is 38.4 Å². The Morgan fingerprint density at radius 1 is 1.22 bits per heavy atom. The minimum Gasteiger partial charge on any atom is -0.317 e. The number of nitrogens with zero attached hydrogens (tertiary/aromatic N) is 1. The molecule has 0 spiro atoms. The largest absolute Gasteiger partial charge is 0.317 e. The number of rotatable bonds is 7. The van der Waals surface area contributed by atoms with Gasteiger partial charge >= 0.3 is 0 Å². The standard InChI is InChI=1S/C13H28N2O2S/c1-12(2)18(16,17)11-10-15(3)9-6-13-4-7-14-8-5-13/h12-14H,4-11H2,1-3H3. The van der Waals surface area contributed by atoms with Crippen LogP contribution in [0.3, 0.4) is 0 Å². The summed E-state index contributed by atoms with van der Waals surface area (Å²) < 4.78 is 23.4. The maximum absolute atomic E-state index is 11.7. The molecule has 5 heteroatoms. The summed E-state index contributed by atoms with van der Waals surface area (Å²) in [5.41, 5.74) is 0. The highest BCUT2D eigenvalue weighted by atomic mass is 32.2. The van der Waals surface area contributed by atoms with Gasteiger partial charge in [0.2, 0.25) is 0 Å². The molecule has 1 saturated heterocycles. The van der Waals surface area contributed by atoms with E-state index < -0.39 is 9.84 Å². The molecule has 1 aliphatic heterocycles. The molecule has 0 aromatic heterocycles. The van der Waals surface area contributed by atoms with Crippen molar-refractivity contribution >= 4 is 9.84 Å². The van der Waals surface area contributed by atoms with Crippen molar-refractivity contribution in [2.24, 2.45) is 5.92 Å². The fourth-order valence-electron chi connectivity index (χ4n) is 2.20. The normalized spacial score (nSPS) is 18.7. The van der Waals surface area contributed by atoms with E-state index in [-0.39, 0.29) is 11.0 Å². The molecule has 1 aliphatic rings. The number of nitrogens with one attached hydrogen (secondary N) is 1. The second-order valence-corrected chi connectivity index (χ2v) is 8.38. The third kappa shape index (κ3) is 5.67. The van der Waals surface area contributed by atoms with Crippen LogP contribution in [0.25, 0.3) is 0 Å². The van der Waals surface area contributed by atoms with E-state index in [9.17, 15) is 8.42 Å². The second-order valence-electron chi connectivity index (χ2n) is 5.70. The van der Waals surface area contributed by atoms with Crippen LogP contribution in [0, 0.1) is 5.92 Å². The van der Waals surface area contributed by atoms with Gasteiger partial charge in [0, 0.05) is 6.54 Å². The Labute approximate surface area is 112 Å². The first-order valence-corrected chi connectivity index (χ1v) is 8.74. The fourth-order valence-corrected chi connectivity index (χ4v) is 3.24. The Kier molecular flexibility index (Phi) is 6.60. The van der Waals surface area contributed by atoms with Crippen molar-refractivity contribution in [1.29, 1.82) is 0 Å². The first kappa shape index (κ1) is 15.9. The van der Waals surface area contributed by atoms with Gasteiger partial charge < -0.3 is 10.2 Å². The average Bonchev–Trinajstić information content (AvgIpc) is 2.35. The maximum Gasteiger partial charge on any atom is 0.153 e.